The number of benzene rings is 1. The van der Waals surface area contributed by atoms with Crippen LogP contribution in [0, 0.1) is 29.5 Å². The van der Waals surface area contributed by atoms with Crippen LogP contribution in [0.15, 0.2) is 30.6 Å². The fourth-order valence-corrected chi connectivity index (χ4v) is 1.48. The molecule has 0 saturated heterocycles. The van der Waals surface area contributed by atoms with Crippen molar-refractivity contribution in [2.24, 2.45) is 0 Å². The van der Waals surface area contributed by atoms with Crippen molar-refractivity contribution in [3.05, 3.63) is 42.0 Å². The normalized spacial score (nSPS) is 9.59. The third-order valence-electron chi connectivity index (χ3n) is 2.32. The Morgan fingerprint density at radius 1 is 1.41 bits per heavy atom. The molecule has 1 heterocycles. The van der Waals surface area contributed by atoms with Crippen LogP contribution in [0.1, 0.15) is 5.56 Å². The number of nitrogens with zero attached hydrogens (tertiary/aromatic N) is 3. The summed E-state index contributed by atoms with van der Waals surface area (Å²) < 4.78 is 15.0. The minimum absolute atomic E-state index is 0.172. The monoisotopic (exact) mass is 225 g/mol. The Hall–Kier alpha value is -2.59. The highest BCUT2D eigenvalue weighted by Crippen LogP contribution is 2.21. The van der Waals surface area contributed by atoms with E-state index in [-0.39, 0.29) is 12.1 Å². The van der Waals surface area contributed by atoms with Gasteiger partial charge in [0, 0.05) is 11.8 Å². The Morgan fingerprint density at radius 3 is 2.88 bits per heavy atom. The lowest BCUT2D eigenvalue weighted by molar-refractivity contribution is 0.625. The van der Waals surface area contributed by atoms with Crippen LogP contribution >= 0.6 is 0 Å². The summed E-state index contributed by atoms with van der Waals surface area (Å²) in [7, 11) is 0. The van der Waals surface area contributed by atoms with Crippen molar-refractivity contribution < 1.29 is 4.39 Å². The van der Waals surface area contributed by atoms with E-state index < -0.39 is 5.82 Å². The van der Waals surface area contributed by atoms with Crippen molar-refractivity contribution in [1.29, 1.82) is 5.26 Å². The van der Waals surface area contributed by atoms with Gasteiger partial charge in [-0.05, 0) is 17.7 Å². The van der Waals surface area contributed by atoms with Gasteiger partial charge in [0.15, 0.2) is 0 Å². The van der Waals surface area contributed by atoms with E-state index in [1.807, 2.05) is 6.07 Å². The summed E-state index contributed by atoms with van der Waals surface area (Å²) >= 11 is 0. The molecule has 0 bridgehead atoms. The Labute approximate surface area is 98.1 Å². The van der Waals surface area contributed by atoms with Crippen LogP contribution in [0.25, 0.3) is 11.1 Å². The molecular formula is C13H8FN3. The van der Waals surface area contributed by atoms with Gasteiger partial charge in [0.2, 0.25) is 0 Å². The van der Waals surface area contributed by atoms with Crippen molar-refractivity contribution >= 4 is 0 Å². The van der Waals surface area contributed by atoms with Gasteiger partial charge in [0.05, 0.1) is 17.8 Å². The van der Waals surface area contributed by atoms with Crippen molar-refractivity contribution in [2.75, 3.05) is 0 Å². The summed E-state index contributed by atoms with van der Waals surface area (Å²) in [5.74, 6) is 1.83. The van der Waals surface area contributed by atoms with Gasteiger partial charge in [-0.25, -0.2) is 4.39 Å². The lowest BCUT2D eigenvalue weighted by Gasteiger charge is -1.99. The van der Waals surface area contributed by atoms with E-state index in [4.69, 9.17) is 11.7 Å². The van der Waals surface area contributed by atoms with E-state index in [0.29, 0.717) is 5.56 Å². The Kier molecular flexibility index (Phi) is 2.89. The summed E-state index contributed by atoms with van der Waals surface area (Å²) in [6.45, 7) is 0.172. The highest BCUT2D eigenvalue weighted by molar-refractivity contribution is 5.63. The highest BCUT2D eigenvalue weighted by Gasteiger charge is 2.05. The first kappa shape index (κ1) is 10.9. The lowest BCUT2D eigenvalue weighted by atomic mass is 10.1. The van der Waals surface area contributed by atoms with Crippen LogP contribution in [0.2, 0.25) is 0 Å². The summed E-state index contributed by atoms with van der Waals surface area (Å²) in [5.41, 5.74) is 1.67. The molecule has 82 valence electrons. The van der Waals surface area contributed by atoms with E-state index >= 15 is 0 Å². The second-order valence-electron chi connectivity index (χ2n) is 3.42. The molecule has 17 heavy (non-hydrogen) atoms. The number of halogens is 1. The molecule has 0 radical (unpaired) electrons. The topological polar surface area (TPSA) is 41.6 Å². The molecule has 0 fully saturated rings. The smallest absolute Gasteiger partial charge is 0.139 e. The largest absolute Gasteiger partial charge is 0.258 e. The molecule has 0 aliphatic heterocycles. The maximum atomic E-state index is 13.5. The average molecular weight is 225 g/mol. The third-order valence-corrected chi connectivity index (χ3v) is 2.32. The molecule has 0 amide bonds. The lowest BCUT2D eigenvalue weighted by Crippen LogP contribution is -1.94. The Morgan fingerprint density at radius 2 is 2.24 bits per heavy atom. The van der Waals surface area contributed by atoms with E-state index in [1.165, 1.54) is 10.7 Å². The van der Waals surface area contributed by atoms with Crippen LogP contribution in [0.3, 0.4) is 0 Å². The number of nitriles is 1. The van der Waals surface area contributed by atoms with Crippen LogP contribution in [-0.4, -0.2) is 9.78 Å². The van der Waals surface area contributed by atoms with Crippen molar-refractivity contribution in [2.45, 2.75) is 6.54 Å². The first-order valence-corrected chi connectivity index (χ1v) is 4.90. The molecule has 0 aliphatic rings. The number of aromatic nitrogens is 2. The van der Waals surface area contributed by atoms with E-state index in [1.54, 1.807) is 24.5 Å². The summed E-state index contributed by atoms with van der Waals surface area (Å²) in [5, 5.41) is 12.5. The second kappa shape index (κ2) is 4.51. The molecule has 0 atom stereocenters. The minimum Gasteiger partial charge on any atom is -0.258 e. The SMILES string of the molecule is C#Cc1ccc(-c2cnn(CC#N)c2)cc1F. The van der Waals surface area contributed by atoms with E-state index in [2.05, 4.69) is 11.0 Å². The number of hydrogen-bond donors (Lipinski definition) is 0. The summed E-state index contributed by atoms with van der Waals surface area (Å²) in [4.78, 5) is 0. The van der Waals surface area contributed by atoms with Gasteiger partial charge < -0.3 is 0 Å². The zero-order valence-electron chi connectivity index (χ0n) is 8.89. The van der Waals surface area contributed by atoms with Crippen molar-refractivity contribution in [3.63, 3.8) is 0 Å². The van der Waals surface area contributed by atoms with E-state index in [0.717, 1.165) is 5.56 Å². The molecule has 4 heteroatoms. The van der Waals surface area contributed by atoms with Gasteiger partial charge in [0.25, 0.3) is 0 Å². The first-order chi connectivity index (χ1) is 8.24. The van der Waals surface area contributed by atoms with Gasteiger partial charge >= 0.3 is 0 Å². The number of hydrogen-bond acceptors (Lipinski definition) is 2. The summed E-state index contributed by atoms with van der Waals surface area (Å²) in [6.07, 6.45) is 8.41. The average Bonchev–Trinajstić information content (AvgIpc) is 2.78. The van der Waals surface area contributed by atoms with Crippen LogP contribution < -0.4 is 0 Å². The van der Waals surface area contributed by atoms with Crippen LogP contribution in [0.5, 0.6) is 0 Å². The molecule has 0 aliphatic carbocycles. The minimum atomic E-state index is -0.432. The predicted octanol–water partition coefficient (Wildman–Crippen LogP) is 2.19. The number of terminal acetylenes is 1. The fraction of sp³-hybridized carbons (Fsp3) is 0.0769. The Bertz CT molecular complexity index is 629. The van der Waals surface area contributed by atoms with Crippen LogP contribution in [0.4, 0.5) is 4.39 Å². The van der Waals surface area contributed by atoms with Gasteiger partial charge in [-0.2, -0.15) is 10.4 Å². The summed E-state index contributed by atoms with van der Waals surface area (Å²) in [6, 6.07) is 6.62. The van der Waals surface area contributed by atoms with Crippen molar-refractivity contribution in [3.8, 4) is 29.5 Å². The van der Waals surface area contributed by atoms with Gasteiger partial charge in [-0.1, -0.05) is 12.0 Å². The molecule has 2 aromatic rings. The quantitative estimate of drug-likeness (QED) is 0.735. The Balaban J connectivity index is 2.37. The maximum absolute atomic E-state index is 13.5. The maximum Gasteiger partial charge on any atom is 0.139 e. The van der Waals surface area contributed by atoms with E-state index in [9.17, 15) is 4.39 Å². The van der Waals surface area contributed by atoms with Gasteiger partial charge in [-0.15, -0.1) is 6.42 Å². The molecule has 3 nitrogen and oxygen atoms in total. The standard InChI is InChI=1S/C13H8FN3/c1-2-10-3-4-11(7-13(10)14)12-8-16-17(9-12)6-5-15/h1,3-4,7-9H,6H2. The van der Waals surface area contributed by atoms with Gasteiger partial charge in [0.1, 0.15) is 12.4 Å². The van der Waals surface area contributed by atoms with Gasteiger partial charge in [-0.3, -0.25) is 4.68 Å². The second-order valence-corrected chi connectivity index (χ2v) is 3.42. The molecular weight excluding hydrogens is 217 g/mol. The molecule has 0 spiro atoms. The first-order valence-electron chi connectivity index (χ1n) is 4.90. The fourth-order valence-electron chi connectivity index (χ4n) is 1.48. The number of rotatable bonds is 2. The molecule has 1 aromatic carbocycles. The molecule has 2 rings (SSSR count). The zero-order chi connectivity index (χ0) is 12.3. The van der Waals surface area contributed by atoms with Crippen LogP contribution in [-0.2, 0) is 6.54 Å². The highest BCUT2D eigenvalue weighted by atomic mass is 19.1. The third kappa shape index (κ3) is 2.16. The molecule has 0 N–H and O–H groups in total. The molecule has 1 aromatic heterocycles. The molecule has 0 saturated carbocycles. The van der Waals surface area contributed by atoms with Crippen molar-refractivity contribution in [1.82, 2.24) is 9.78 Å². The molecule has 0 unspecified atom stereocenters. The predicted molar refractivity (Wildman–Crippen MR) is 61.2 cm³/mol. The zero-order valence-corrected chi connectivity index (χ0v) is 8.89.